The molecule has 3 aromatic rings. The summed E-state index contributed by atoms with van der Waals surface area (Å²) in [4.78, 5) is 19.0. The van der Waals surface area contributed by atoms with E-state index >= 15 is 0 Å². The normalized spacial score (nSPS) is 10.4. The molecule has 26 heavy (non-hydrogen) atoms. The summed E-state index contributed by atoms with van der Waals surface area (Å²) < 4.78 is 13.0. The van der Waals surface area contributed by atoms with Gasteiger partial charge in [0.2, 0.25) is 11.6 Å². The van der Waals surface area contributed by atoms with E-state index in [0.717, 1.165) is 16.8 Å². The lowest BCUT2D eigenvalue weighted by atomic mass is 10.1. The fourth-order valence-electron chi connectivity index (χ4n) is 2.42. The fourth-order valence-corrected chi connectivity index (χ4v) is 2.42. The largest absolute Gasteiger partial charge is 0.353 e. The number of aryl methyl sites for hydroxylation is 1. The van der Waals surface area contributed by atoms with Crippen molar-refractivity contribution in [1.29, 1.82) is 0 Å². The Morgan fingerprint density at radius 1 is 1.00 bits per heavy atom. The summed E-state index contributed by atoms with van der Waals surface area (Å²) in [6.45, 7) is 3.87. The van der Waals surface area contributed by atoms with Crippen LogP contribution in [0.25, 0.3) is 0 Å². The van der Waals surface area contributed by atoms with Crippen LogP contribution in [0.15, 0.2) is 48.8 Å². The van der Waals surface area contributed by atoms with E-state index in [1.807, 2.05) is 32.0 Å². The number of nitrogens with zero attached hydrogens (tertiary/aromatic N) is 3. The van der Waals surface area contributed by atoms with Crippen molar-refractivity contribution in [2.24, 2.45) is 0 Å². The molecule has 132 valence electrons. The van der Waals surface area contributed by atoms with Crippen LogP contribution in [0.2, 0.25) is 0 Å². The van der Waals surface area contributed by atoms with Crippen LogP contribution in [-0.2, 0) is 0 Å². The van der Waals surface area contributed by atoms with Gasteiger partial charge >= 0.3 is 5.69 Å². The summed E-state index contributed by atoms with van der Waals surface area (Å²) in [5.74, 6) is -0.308. The molecule has 0 atom stereocenters. The maximum atomic E-state index is 13.0. The number of rotatable bonds is 5. The minimum Gasteiger partial charge on any atom is -0.334 e. The van der Waals surface area contributed by atoms with Crippen LogP contribution in [0.4, 0.5) is 33.1 Å². The van der Waals surface area contributed by atoms with Crippen molar-refractivity contribution >= 4 is 28.7 Å². The molecule has 0 aliphatic heterocycles. The Morgan fingerprint density at radius 3 is 2.31 bits per heavy atom. The van der Waals surface area contributed by atoms with E-state index < -0.39 is 10.7 Å². The molecule has 0 aliphatic rings. The van der Waals surface area contributed by atoms with Gasteiger partial charge in [0.1, 0.15) is 12.1 Å². The van der Waals surface area contributed by atoms with E-state index in [1.54, 1.807) is 0 Å². The summed E-state index contributed by atoms with van der Waals surface area (Å²) in [6, 6.07) is 11.1. The van der Waals surface area contributed by atoms with Crippen LogP contribution >= 0.6 is 0 Å². The molecule has 2 N–H and O–H groups in total. The Hall–Kier alpha value is -3.55. The van der Waals surface area contributed by atoms with Gasteiger partial charge in [-0.15, -0.1) is 0 Å². The highest BCUT2D eigenvalue weighted by Crippen LogP contribution is 2.34. The Morgan fingerprint density at radius 2 is 1.65 bits per heavy atom. The van der Waals surface area contributed by atoms with Gasteiger partial charge in [0.15, 0.2) is 0 Å². The standard InChI is InChI=1S/C18H16FN5O2/c1-11-4-3-5-15(12(11)2)23-18-16(24(25)26)17(20-10-21-18)22-14-8-6-13(19)7-9-14/h3-10H,1-2H3,(H2,20,21,22,23). The van der Waals surface area contributed by atoms with Gasteiger partial charge in [-0.3, -0.25) is 10.1 Å². The Labute approximate surface area is 149 Å². The van der Waals surface area contributed by atoms with Crippen molar-refractivity contribution in [3.05, 3.63) is 75.9 Å². The smallest absolute Gasteiger partial charge is 0.334 e. The SMILES string of the molecule is Cc1cccc(Nc2ncnc(Nc3ccc(F)cc3)c2[N+](=O)[O-])c1C. The summed E-state index contributed by atoms with van der Waals surface area (Å²) in [5.41, 5.74) is 2.92. The zero-order valence-corrected chi connectivity index (χ0v) is 14.2. The predicted molar refractivity (Wildman–Crippen MR) is 97.6 cm³/mol. The first-order valence-corrected chi connectivity index (χ1v) is 7.81. The van der Waals surface area contributed by atoms with Gasteiger partial charge in [-0.25, -0.2) is 14.4 Å². The van der Waals surface area contributed by atoms with E-state index in [1.165, 1.54) is 30.6 Å². The highest BCUT2D eigenvalue weighted by Gasteiger charge is 2.23. The number of nitrogens with one attached hydrogen (secondary N) is 2. The molecule has 0 radical (unpaired) electrons. The van der Waals surface area contributed by atoms with Gasteiger partial charge < -0.3 is 10.6 Å². The molecular formula is C18H16FN5O2. The third-order valence-electron chi connectivity index (χ3n) is 3.97. The summed E-state index contributed by atoms with van der Waals surface area (Å²) in [6.07, 6.45) is 1.23. The van der Waals surface area contributed by atoms with E-state index in [4.69, 9.17) is 0 Å². The summed E-state index contributed by atoms with van der Waals surface area (Å²) in [7, 11) is 0. The molecule has 2 aromatic carbocycles. The molecule has 0 amide bonds. The molecule has 0 saturated carbocycles. The highest BCUT2D eigenvalue weighted by atomic mass is 19.1. The molecule has 0 bridgehead atoms. The second kappa shape index (κ2) is 7.14. The van der Waals surface area contributed by atoms with Gasteiger partial charge in [0.25, 0.3) is 0 Å². The van der Waals surface area contributed by atoms with Crippen molar-refractivity contribution in [2.75, 3.05) is 10.6 Å². The van der Waals surface area contributed by atoms with Crippen molar-refractivity contribution in [3.63, 3.8) is 0 Å². The highest BCUT2D eigenvalue weighted by molar-refractivity contribution is 5.77. The van der Waals surface area contributed by atoms with Gasteiger partial charge in [-0.05, 0) is 55.3 Å². The van der Waals surface area contributed by atoms with Crippen LogP contribution in [0.3, 0.4) is 0 Å². The summed E-state index contributed by atoms with van der Waals surface area (Å²) >= 11 is 0. The molecule has 0 aliphatic carbocycles. The van der Waals surface area contributed by atoms with Gasteiger partial charge in [0, 0.05) is 11.4 Å². The average molecular weight is 353 g/mol. The number of benzene rings is 2. The lowest BCUT2D eigenvalue weighted by molar-refractivity contribution is -0.383. The first kappa shape index (κ1) is 17.3. The van der Waals surface area contributed by atoms with E-state index in [9.17, 15) is 14.5 Å². The average Bonchev–Trinajstić information content (AvgIpc) is 2.61. The van der Waals surface area contributed by atoms with Crippen LogP contribution in [0.5, 0.6) is 0 Å². The quantitative estimate of drug-likeness (QED) is 0.513. The third kappa shape index (κ3) is 3.59. The number of aromatic nitrogens is 2. The molecule has 0 spiro atoms. The van der Waals surface area contributed by atoms with Gasteiger partial charge in [0.05, 0.1) is 4.92 Å². The monoisotopic (exact) mass is 353 g/mol. The molecular weight excluding hydrogens is 337 g/mol. The molecule has 3 rings (SSSR count). The topological polar surface area (TPSA) is 93.0 Å². The summed E-state index contributed by atoms with van der Waals surface area (Å²) in [5, 5.41) is 17.5. The molecule has 7 nitrogen and oxygen atoms in total. The molecule has 0 unspecified atom stereocenters. The minimum atomic E-state index is -0.556. The Balaban J connectivity index is 1.99. The maximum Gasteiger partial charge on any atom is 0.353 e. The van der Waals surface area contributed by atoms with E-state index in [0.29, 0.717) is 5.69 Å². The van der Waals surface area contributed by atoms with Crippen molar-refractivity contribution in [3.8, 4) is 0 Å². The molecule has 1 aromatic heterocycles. The molecule has 1 heterocycles. The zero-order chi connectivity index (χ0) is 18.7. The van der Waals surface area contributed by atoms with Crippen molar-refractivity contribution < 1.29 is 9.31 Å². The van der Waals surface area contributed by atoms with Gasteiger partial charge in [-0.2, -0.15) is 0 Å². The lowest BCUT2D eigenvalue weighted by Crippen LogP contribution is -2.06. The minimum absolute atomic E-state index is 0.0180. The molecule has 8 heteroatoms. The van der Waals surface area contributed by atoms with Crippen molar-refractivity contribution in [1.82, 2.24) is 9.97 Å². The predicted octanol–water partition coefficient (Wildman–Crippen LogP) is 4.63. The number of nitro groups is 1. The second-order valence-corrected chi connectivity index (χ2v) is 5.68. The van der Waals surface area contributed by atoms with E-state index in [-0.39, 0.29) is 17.3 Å². The van der Waals surface area contributed by atoms with E-state index in [2.05, 4.69) is 20.6 Å². The second-order valence-electron chi connectivity index (χ2n) is 5.68. The third-order valence-corrected chi connectivity index (χ3v) is 3.97. The Bertz CT molecular complexity index is 960. The van der Waals surface area contributed by atoms with Crippen LogP contribution < -0.4 is 10.6 Å². The fraction of sp³-hybridized carbons (Fsp3) is 0.111. The maximum absolute atomic E-state index is 13.0. The Kier molecular flexibility index (Phi) is 4.74. The number of hydrogen-bond acceptors (Lipinski definition) is 6. The lowest BCUT2D eigenvalue weighted by Gasteiger charge is -2.12. The van der Waals surface area contributed by atoms with Crippen molar-refractivity contribution in [2.45, 2.75) is 13.8 Å². The molecule has 0 saturated heterocycles. The van der Waals surface area contributed by atoms with Crippen LogP contribution in [0.1, 0.15) is 11.1 Å². The number of anilines is 4. The van der Waals surface area contributed by atoms with Crippen LogP contribution in [0, 0.1) is 29.8 Å². The number of hydrogen-bond donors (Lipinski definition) is 2. The first-order valence-electron chi connectivity index (χ1n) is 7.81. The molecule has 0 fully saturated rings. The number of halogens is 1. The van der Waals surface area contributed by atoms with Gasteiger partial charge in [-0.1, -0.05) is 12.1 Å². The van der Waals surface area contributed by atoms with Crippen LogP contribution in [-0.4, -0.2) is 14.9 Å². The zero-order valence-electron chi connectivity index (χ0n) is 14.2. The first-order chi connectivity index (χ1) is 12.5.